The quantitative estimate of drug-likeness (QED) is 0.636. The van der Waals surface area contributed by atoms with Crippen molar-refractivity contribution in [2.75, 3.05) is 18.8 Å². The van der Waals surface area contributed by atoms with E-state index in [0.29, 0.717) is 10.9 Å². The third-order valence-corrected chi connectivity index (χ3v) is 4.77. The van der Waals surface area contributed by atoms with Crippen molar-refractivity contribution < 1.29 is 4.79 Å². The maximum atomic E-state index is 12.3. The Labute approximate surface area is 141 Å². The predicted octanol–water partition coefficient (Wildman–Crippen LogP) is 3.56. The van der Waals surface area contributed by atoms with E-state index >= 15 is 0 Å². The predicted molar refractivity (Wildman–Crippen MR) is 93.4 cm³/mol. The second-order valence-electron chi connectivity index (χ2n) is 5.77. The minimum absolute atomic E-state index is 0.195. The molecular weight excluding hydrogens is 306 g/mol. The largest absolute Gasteiger partial charge is 0.342 e. The summed E-state index contributed by atoms with van der Waals surface area (Å²) in [5.41, 5.74) is 2.90. The van der Waals surface area contributed by atoms with Crippen molar-refractivity contribution in [2.24, 2.45) is 0 Å². The van der Waals surface area contributed by atoms with Gasteiger partial charge >= 0.3 is 0 Å². The highest BCUT2D eigenvalue weighted by molar-refractivity contribution is 7.99. The van der Waals surface area contributed by atoms with Gasteiger partial charge in [-0.05, 0) is 32.3 Å². The lowest BCUT2D eigenvalue weighted by atomic mass is 10.1. The second kappa shape index (κ2) is 7.59. The highest BCUT2D eigenvalue weighted by Gasteiger charge is 2.17. The number of piperidine rings is 1. The summed E-state index contributed by atoms with van der Waals surface area (Å²) in [4.78, 5) is 23.3. The van der Waals surface area contributed by atoms with E-state index in [4.69, 9.17) is 0 Å². The minimum atomic E-state index is 0.195. The van der Waals surface area contributed by atoms with E-state index in [1.165, 1.54) is 18.2 Å². The van der Waals surface area contributed by atoms with Gasteiger partial charge in [0.2, 0.25) is 5.91 Å². The summed E-state index contributed by atoms with van der Waals surface area (Å²) in [6.45, 7) is 3.75. The molecule has 0 N–H and O–H groups in total. The first-order valence-corrected chi connectivity index (χ1v) is 9.02. The molecule has 1 aliphatic heterocycles. The molecule has 1 aromatic heterocycles. The molecule has 0 radical (unpaired) electrons. The van der Waals surface area contributed by atoms with Crippen molar-refractivity contribution in [1.29, 1.82) is 0 Å². The molecule has 1 fully saturated rings. The molecule has 0 unspecified atom stereocenters. The number of hydrogen-bond acceptors (Lipinski definition) is 4. The van der Waals surface area contributed by atoms with Gasteiger partial charge in [-0.2, -0.15) is 0 Å². The Morgan fingerprint density at radius 1 is 1.13 bits per heavy atom. The van der Waals surface area contributed by atoms with E-state index in [2.05, 4.69) is 9.97 Å². The Balaban J connectivity index is 1.68. The topological polar surface area (TPSA) is 46.1 Å². The average molecular weight is 327 g/mol. The minimum Gasteiger partial charge on any atom is -0.342 e. The molecule has 1 aromatic carbocycles. The van der Waals surface area contributed by atoms with Crippen LogP contribution in [0.15, 0.2) is 41.6 Å². The Bertz CT molecular complexity index is 669. The number of rotatable bonds is 4. The number of benzene rings is 1. The van der Waals surface area contributed by atoms with Crippen molar-refractivity contribution in [3.05, 3.63) is 42.1 Å². The highest BCUT2D eigenvalue weighted by atomic mass is 32.2. The van der Waals surface area contributed by atoms with Gasteiger partial charge in [0.25, 0.3) is 0 Å². The summed E-state index contributed by atoms with van der Waals surface area (Å²) in [6, 6.07) is 12.0. The SMILES string of the molecule is Cc1cc(-c2ccccc2)nc(SCC(=O)N2CCCCC2)n1. The molecule has 1 amide bonds. The number of aryl methyl sites for hydroxylation is 1. The van der Waals surface area contributed by atoms with E-state index < -0.39 is 0 Å². The monoisotopic (exact) mass is 327 g/mol. The van der Waals surface area contributed by atoms with Gasteiger partial charge in [-0.25, -0.2) is 9.97 Å². The number of carbonyl (C=O) groups excluding carboxylic acids is 1. The van der Waals surface area contributed by atoms with Crippen LogP contribution < -0.4 is 0 Å². The third-order valence-electron chi connectivity index (χ3n) is 3.94. The van der Waals surface area contributed by atoms with Gasteiger partial charge in [0.1, 0.15) is 0 Å². The fourth-order valence-corrected chi connectivity index (χ4v) is 3.53. The van der Waals surface area contributed by atoms with Crippen molar-refractivity contribution in [3.8, 4) is 11.3 Å². The van der Waals surface area contributed by atoms with Gasteiger partial charge in [0, 0.05) is 24.3 Å². The summed E-state index contributed by atoms with van der Waals surface area (Å²) < 4.78 is 0. The molecule has 3 rings (SSSR count). The maximum Gasteiger partial charge on any atom is 0.233 e. The molecule has 2 heterocycles. The summed E-state index contributed by atoms with van der Waals surface area (Å²) in [5, 5.41) is 0.675. The lowest BCUT2D eigenvalue weighted by Gasteiger charge is -2.26. The molecule has 0 atom stereocenters. The molecule has 120 valence electrons. The van der Waals surface area contributed by atoms with Gasteiger partial charge in [-0.15, -0.1) is 0 Å². The van der Waals surface area contributed by atoms with Crippen LogP contribution >= 0.6 is 11.8 Å². The molecule has 4 nitrogen and oxygen atoms in total. The maximum absolute atomic E-state index is 12.3. The van der Waals surface area contributed by atoms with Crippen molar-refractivity contribution in [2.45, 2.75) is 31.3 Å². The fourth-order valence-electron chi connectivity index (χ4n) is 2.72. The van der Waals surface area contributed by atoms with Gasteiger partial charge < -0.3 is 4.90 Å². The number of carbonyl (C=O) groups is 1. The Morgan fingerprint density at radius 2 is 1.87 bits per heavy atom. The Hall–Kier alpha value is -1.88. The van der Waals surface area contributed by atoms with E-state index in [-0.39, 0.29) is 5.91 Å². The second-order valence-corrected chi connectivity index (χ2v) is 6.72. The number of aromatic nitrogens is 2. The number of likely N-dealkylation sites (tertiary alicyclic amines) is 1. The number of amides is 1. The lowest BCUT2D eigenvalue weighted by Crippen LogP contribution is -2.36. The summed E-state index contributed by atoms with van der Waals surface area (Å²) >= 11 is 1.43. The van der Waals surface area contributed by atoms with Crippen LogP contribution in [0.2, 0.25) is 0 Å². The van der Waals surface area contributed by atoms with Crippen molar-refractivity contribution in [1.82, 2.24) is 14.9 Å². The molecule has 0 saturated carbocycles. The first-order valence-electron chi connectivity index (χ1n) is 8.04. The normalized spacial score (nSPS) is 14.7. The van der Waals surface area contributed by atoms with Crippen LogP contribution in [-0.2, 0) is 4.79 Å². The zero-order chi connectivity index (χ0) is 16.1. The molecule has 0 aliphatic carbocycles. The van der Waals surface area contributed by atoms with Crippen LogP contribution in [0.1, 0.15) is 25.0 Å². The van der Waals surface area contributed by atoms with E-state index in [1.807, 2.05) is 48.2 Å². The van der Waals surface area contributed by atoms with Gasteiger partial charge in [-0.3, -0.25) is 4.79 Å². The van der Waals surface area contributed by atoms with Gasteiger partial charge in [-0.1, -0.05) is 42.1 Å². The molecule has 0 bridgehead atoms. The summed E-state index contributed by atoms with van der Waals surface area (Å²) in [5.74, 6) is 0.610. The molecule has 1 saturated heterocycles. The lowest BCUT2D eigenvalue weighted by molar-refractivity contribution is -0.129. The Kier molecular flexibility index (Phi) is 5.28. The summed E-state index contributed by atoms with van der Waals surface area (Å²) in [6.07, 6.45) is 3.48. The van der Waals surface area contributed by atoms with Crippen LogP contribution in [-0.4, -0.2) is 39.6 Å². The Morgan fingerprint density at radius 3 is 2.61 bits per heavy atom. The molecule has 0 spiro atoms. The summed E-state index contributed by atoms with van der Waals surface area (Å²) in [7, 11) is 0. The molecule has 1 aliphatic rings. The van der Waals surface area contributed by atoms with E-state index in [9.17, 15) is 4.79 Å². The van der Waals surface area contributed by atoms with Crippen LogP contribution in [0.3, 0.4) is 0 Å². The van der Waals surface area contributed by atoms with Crippen molar-refractivity contribution >= 4 is 17.7 Å². The molecular formula is C18H21N3OS. The fraction of sp³-hybridized carbons (Fsp3) is 0.389. The number of thioether (sulfide) groups is 1. The van der Waals surface area contributed by atoms with Gasteiger partial charge in [0.05, 0.1) is 11.4 Å². The first kappa shape index (κ1) is 16.0. The van der Waals surface area contributed by atoms with Gasteiger partial charge in [0.15, 0.2) is 5.16 Å². The smallest absolute Gasteiger partial charge is 0.233 e. The zero-order valence-corrected chi connectivity index (χ0v) is 14.2. The highest BCUT2D eigenvalue weighted by Crippen LogP contribution is 2.22. The van der Waals surface area contributed by atoms with Crippen LogP contribution in [0, 0.1) is 6.92 Å². The first-order chi connectivity index (χ1) is 11.2. The zero-order valence-electron chi connectivity index (χ0n) is 13.4. The third kappa shape index (κ3) is 4.32. The van der Waals surface area contributed by atoms with Crippen LogP contribution in [0.25, 0.3) is 11.3 Å². The standard InChI is InChI=1S/C18H21N3OS/c1-14-12-16(15-8-4-2-5-9-15)20-18(19-14)23-13-17(22)21-10-6-3-7-11-21/h2,4-5,8-9,12H,3,6-7,10-11,13H2,1H3. The number of hydrogen-bond donors (Lipinski definition) is 0. The van der Waals surface area contributed by atoms with Crippen LogP contribution in [0.5, 0.6) is 0 Å². The number of nitrogens with zero attached hydrogens (tertiary/aromatic N) is 3. The van der Waals surface area contributed by atoms with Crippen molar-refractivity contribution in [3.63, 3.8) is 0 Å². The van der Waals surface area contributed by atoms with E-state index in [0.717, 1.165) is 42.9 Å². The molecule has 23 heavy (non-hydrogen) atoms. The van der Waals surface area contributed by atoms with Crippen LogP contribution in [0.4, 0.5) is 0 Å². The average Bonchev–Trinajstić information content (AvgIpc) is 2.61. The molecule has 5 heteroatoms. The molecule has 2 aromatic rings. The van der Waals surface area contributed by atoms with E-state index in [1.54, 1.807) is 0 Å².